The molecule has 0 atom stereocenters. The molecule has 0 aliphatic carbocycles. The fourth-order valence-electron chi connectivity index (χ4n) is 2.38. The first-order valence-electron chi connectivity index (χ1n) is 7.07. The highest BCUT2D eigenvalue weighted by molar-refractivity contribution is 7.25. The molecule has 4 rings (SSSR count). The molecule has 1 N–H and O–H groups in total. The lowest BCUT2D eigenvalue weighted by molar-refractivity contribution is -0.116. The summed E-state index contributed by atoms with van der Waals surface area (Å²) in [5, 5.41) is 7.09. The Morgan fingerprint density at radius 2 is 2.29 bits per heavy atom. The second-order valence-corrected chi connectivity index (χ2v) is 6.18. The summed E-state index contributed by atoms with van der Waals surface area (Å²) in [6.07, 6.45) is 3.04. The number of nitrogens with one attached hydrogen (secondary N) is 1. The van der Waals surface area contributed by atoms with Crippen LogP contribution < -0.4 is 10.9 Å². The van der Waals surface area contributed by atoms with Gasteiger partial charge in [-0.2, -0.15) is 0 Å². The van der Waals surface area contributed by atoms with Gasteiger partial charge < -0.3 is 9.84 Å². The summed E-state index contributed by atoms with van der Waals surface area (Å²) in [4.78, 5) is 33.9. The van der Waals surface area contributed by atoms with Crippen molar-refractivity contribution in [1.82, 2.24) is 19.7 Å². The maximum atomic E-state index is 12.6. The average Bonchev–Trinajstić information content (AvgIpc) is 3.14. The van der Waals surface area contributed by atoms with E-state index >= 15 is 0 Å². The van der Waals surface area contributed by atoms with Crippen LogP contribution in [-0.2, 0) is 11.3 Å². The number of carbonyl (C=O) groups excluding carboxylic acids is 1. The van der Waals surface area contributed by atoms with Crippen molar-refractivity contribution in [2.75, 3.05) is 5.32 Å². The first kappa shape index (κ1) is 14.5. The topological polar surface area (TPSA) is 103 Å². The third kappa shape index (κ3) is 2.44. The molecule has 4 heterocycles. The molecular formula is C15H11N5O3S. The van der Waals surface area contributed by atoms with Gasteiger partial charge in [0.1, 0.15) is 21.8 Å². The highest BCUT2D eigenvalue weighted by Gasteiger charge is 2.14. The molecule has 0 aliphatic rings. The third-order valence-corrected chi connectivity index (χ3v) is 4.52. The lowest BCUT2D eigenvalue weighted by Gasteiger charge is -2.04. The molecule has 0 saturated heterocycles. The zero-order chi connectivity index (χ0) is 16.7. The predicted octanol–water partition coefficient (Wildman–Crippen LogP) is 1.94. The highest BCUT2D eigenvalue weighted by atomic mass is 32.1. The van der Waals surface area contributed by atoms with Crippen molar-refractivity contribution in [3.63, 3.8) is 0 Å². The maximum Gasteiger partial charge on any atom is 0.271 e. The molecule has 0 radical (unpaired) electrons. The fourth-order valence-corrected chi connectivity index (χ4v) is 3.42. The third-order valence-electron chi connectivity index (χ3n) is 3.43. The van der Waals surface area contributed by atoms with E-state index in [9.17, 15) is 9.59 Å². The lowest BCUT2D eigenvalue weighted by Crippen LogP contribution is -2.27. The van der Waals surface area contributed by atoms with Crippen molar-refractivity contribution in [2.45, 2.75) is 13.5 Å². The minimum atomic E-state index is -0.384. The fraction of sp³-hybridized carbons (Fsp3) is 0.133. The maximum absolute atomic E-state index is 12.6. The van der Waals surface area contributed by atoms with Gasteiger partial charge in [-0.05, 0) is 19.1 Å². The summed E-state index contributed by atoms with van der Waals surface area (Å²) in [5.41, 5.74) is 0.339. The molecule has 0 bridgehead atoms. The Morgan fingerprint density at radius 1 is 1.42 bits per heavy atom. The van der Waals surface area contributed by atoms with Gasteiger partial charge in [-0.25, -0.2) is 9.97 Å². The van der Waals surface area contributed by atoms with Crippen molar-refractivity contribution in [3.8, 4) is 0 Å². The number of carbonyl (C=O) groups is 1. The van der Waals surface area contributed by atoms with Crippen molar-refractivity contribution < 1.29 is 9.32 Å². The molecule has 24 heavy (non-hydrogen) atoms. The van der Waals surface area contributed by atoms with Crippen LogP contribution in [-0.4, -0.2) is 25.6 Å². The standard InChI is InChI=1S/C15H11N5O3S/c1-8-5-10(19-23-8)18-11(21)6-20-7-17-12-9-3-2-4-16-14(9)24-13(12)15(20)22/h2-5,7H,6H2,1H3,(H,18,19,21). The van der Waals surface area contributed by atoms with E-state index in [0.717, 1.165) is 10.2 Å². The minimum absolute atomic E-state index is 0.157. The first-order chi connectivity index (χ1) is 11.6. The Balaban J connectivity index is 1.67. The van der Waals surface area contributed by atoms with Crippen LogP contribution in [0, 0.1) is 6.92 Å². The van der Waals surface area contributed by atoms with Crippen molar-refractivity contribution in [3.05, 3.63) is 46.8 Å². The quantitative estimate of drug-likeness (QED) is 0.611. The number of pyridine rings is 1. The summed E-state index contributed by atoms with van der Waals surface area (Å²) in [6.45, 7) is 1.57. The van der Waals surface area contributed by atoms with Crippen LogP contribution in [0.25, 0.3) is 20.4 Å². The molecule has 0 fully saturated rings. The van der Waals surface area contributed by atoms with E-state index in [0.29, 0.717) is 21.8 Å². The Labute approximate surface area is 138 Å². The molecule has 1 amide bonds. The summed E-state index contributed by atoms with van der Waals surface area (Å²) >= 11 is 1.27. The normalized spacial score (nSPS) is 11.2. The van der Waals surface area contributed by atoms with Gasteiger partial charge in [0.05, 0.1) is 11.8 Å². The summed E-state index contributed by atoms with van der Waals surface area (Å²) in [6, 6.07) is 5.27. The number of aromatic nitrogens is 4. The smallest absolute Gasteiger partial charge is 0.271 e. The van der Waals surface area contributed by atoms with Gasteiger partial charge in [0.15, 0.2) is 5.82 Å². The van der Waals surface area contributed by atoms with Crippen LogP contribution in [0.1, 0.15) is 5.76 Å². The number of thiophene rings is 1. The predicted molar refractivity (Wildman–Crippen MR) is 89.1 cm³/mol. The monoisotopic (exact) mass is 341 g/mol. The second-order valence-electron chi connectivity index (χ2n) is 5.18. The van der Waals surface area contributed by atoms with Gasteiger partial charge in [-0.15, -0.1) is 11.3 Å². The number of hydrogen-bond acceptors (Lipinski definition) is 7. The molecule has 0 aromatic carbocycles. The molecule has 4 aromatic heterocycles. The number of anilines is 1. The minimum Gasteiger partial charge on any atom is -0.360 e. The van der Waals surface area contributed by atoms with E-state index in [2.05, 4.69) is 20.4 Å². The van der Waals surface area contributed by atoms with Crippen LogP contribution in [0.4, 0.5) is 5.82 Å². The molecule has 120 valence electrons. The molecule has 0 unspecified atom stereocenters. The van der Waals surface area contributed by atoms with Crippen LogP contribution >= 0.6 is 11.3 Å². The number of hydrogen-bond donors (Lipinski definition) is 1. The van der Waals surface area contributed by atoms with Gasteiger partial charge in [0.2, 0.25) is 5.91 Å². The molecule has 9 heteroatoms. The zero-order valence-corrected chi connectivity index (χ0v) is 13.3. The van der Waals surface area contributed by atoms with Crippen LogP contribution in [0.5, 0.6) is 0 Å². The average molecular weight is 341 g/mol. The number of fused-ring (bicyclic) bond motifs is 3. The highest BCUT2D eigenvalue weighted by Crippen LogP contribution is 2.27. The largest absolute Gasteiger partial charge is 0.360 e. The van der Waals surface area contributed by atoms with Gasteiger partial charge in [-0.3, -0.25) is 14.2 Å². The van der Waals surface area contributed by atoms with Crippen LogP contribution in [0.2, 0.25) is 0 Å². The van der Waals surface area contributed by atoms with Crippen molar-refractivity contribution >= 4 is 43.5 Å². The van der Waals surface area contributed by atoms with Crippen molar-refractivity contribution in [2.24, 2.45) is 0 Å². The second kappa shape index (κ2) is 5.53. The number of nitrogens with zero attached hydrogens (tertiary/aromatic N) is 4. The van der Waals surface area contributed by atoms with Gasteiger partial charge in [0, 0.05) is 17.6 Å². The van der Waals surface area contributed by atoms with Gasteiger partial charge in [-0.1, -0.05) is 5.16 Å². The van der Waals surface area contributed by atoms with Crippen molar-refractivity contribution in [1.29, 1.82) is 0 Å². The van der Waals surface area contributed by atoms with E-state index in [4.69, 9.17) is 4.52 Å². The van der Waals surface area contributed by atoms with Gasteiger partial charge in [0.25, 0.3) is 5.56 Å². The molecular weight excluding hydrogens is 330 g/mol. The Kier molecular flexibility index (Phi) is 3.35. The van der Waals surface area contributed by atoms with E-state index < -0.39 is 0 Å². The molecule has 0 saturated carbocycles. The van der Waals surface area contributed by atoms with E-state index in [-0.39, 0.29) is 18.0 Å². The number of aryl methyl sites for hydroxylation is 1. The number of amides is 1. The van der Waals surface area contributed by atoms with E-state index in [1.165, 1.54) is 22.2 Å². The molecule has 0 spiro atoms. The van der Waals surface area contributed by atoms with Crippen LogP contribution in [0.15, 0.2) is 40.0 Å². The Hall–Kier alpha value is -3.07. The summed E-state index contributed by atoms with van der Waals surface area (Å²) < 4.78 is 6.63. The molecule has 4 aromatic rings. The summed E-state index contributed by atoms with van der Waals surface area (Å²) in [7, 11) is 0. The Morgan fingerprint density at radius 3 is 3.08 bits per heavy atom. The van der Waals surface area contributed by atoms with E-state index in [1.54, 1.807) is 25.3 Å². The summed E-state index contributed by atoms with van der Waals surface area (Å²) in [5.74, 6) is 0.514. The lowest BCUT2D eigenvalue weighted by atomic mass is 10.3. The zero-order valence-electron chi connectivity index (χ0n) is 12.5. The van der Waals surface area contributed by atoms with E-state index in [1.807, 2.05) is 6.07 Å². The Bertz CT molecular complexity index is 1130. The SMILES string of the molecule is Cc1cc(NC(=O)Cn2cnc3c(sc4ncccc43)c2=O)no1. The van der Waals surface area contributed by atoms with Gasteiger partial charge >= 0.3 is 0 Å². The molecule has 8 nitrogen and oxygen atoms in total. The number of rotatable bonds is 3. The van der Waals surface area contributed by atoms with Crippen LogP contribution in [0.3, 0.4) is 0 Å². The molecule has 0 aliphatic heterocycles. The first-order valence-corrected chi connectivity index (χ1v) is 7.89.